The fraction of sp³-hybridized carbons (Fsp3) is 0.556. The highest BCUT2D eigenvalue weighted by Crippen LogP contribution is 2.22. The fourth-order valence-electron chi connectivity index (χ4n) is 2.13. The van der Waals surface area contributed by atoms with Crippen LogP contribution in [0.15, 0.2) is 24.3 Å². The van der Waals surface area contributed by atoms with Gasteiger partial charge in [0.05, 0.1) is 0 Å². The SMILES string of the molecule is CNC(=O)C[C@@H](C)N(C)C(=O)NCc1ccc(C(C)(C)C)cc1. The Hall–Kier alpha value is -2.04. The average Bonchev–Trinajstić information content (AvgIpc) is 2.51. The van der Waals surface area contributed by atoms with Gasteiger partial charge in [0.15, 0.2) is 0 Å². The lowest BCUT2D eigenvalue weighted by Crippen LogP contribution is -2.43. The van der Waals surface area contributed by atoms with E-state index in [2.05, 4.69) is 43.5 Å². The van der Waals surface area contributed by atoms with Gasteiger partial charge < -0.3 is 15.5 Å². The minimum absolute atomic E-state index is 0.0741. The Bertz CT molecular complexity index is 532. The third-order valence-corrected chi connectivity index (χ3v) is 4.00. The highest BCUT2D eigenvalue weighted by molar-refractivity contribution is 5.78. The summed E-state index contributed by atoms with van der Waals surface area (Å²) in [6, 6.07) is 7.93. The van der Waals surface area contributed by atoms with Crippen molar-refractivity contribution < 1.29 is 9.59 Å². The van der Waals surface area contributed by atoms with Crippen molar-refractivity contribution in [2.75, 3.05) is 14.1 Å². The molecule has 0 heterocycles. The number of benzene rings is 1. The molecule has 0 aromatic heterocycles. The predicted octanol–water partition coefficient (Wildman–Crippen LogP) is 2.65. The van der Waals surface area contributed by atoms with Crippen LogP contribution in [0, 0.1) is 0 Å². The molecule has 5 heteroatoms. The van der Waals surface area contributed by atoms with E-state index in [4.69, 9.17) is 0 Å². The number of hydrogen-bond acceptors (Lipinski definition) is 2. The van der Waals surface area contributed by atoms with Crippen molar-refractivity contribution in [1.29, 1.82) is 0 Å². The molecule has 1 aromatic carbocycles. The molecule has 0 aliphatic rings. The second-order valence-electron chi connectivity index (χ2n) is 6.94. The fourth-order valence-corrected chi connectivity index (χ4v) is 2.13. The molecule has 0 saturated carbocycles. The summed E-state index contributed by atoms with van der Waals surface area (Å²) in [5.74, 6) is -0.0741. The molecule has 0 fully saturated rings. The number of nitrogens with one attached hydrogen (secondary N) is 2. The molecule has 1 aromatic rings. The maximum Gasteiger partial charge on any atom is 0.317 e. The predicted molar refractivity (Wildman–Crippen MR) is 93.3 cm³/mol. The van der Waals surface area contributed by atoms with Crippen LogP contribution in [0.25, 0.3) is 0 Å². The molecular weight excluding hydrogens is 290 g/mol. The van der Waals surface area contributed by atoms with Gasteiger partial charge in [-0.3, -0.25) is 4.79 Å². The number of carbonyl (C=O) groups is 2. The zero-order chi connectivity index (χ0) is 17.6. The van der Waals surface area contributed by atoms with E-state index in [0.29, 0.717) is 13.0 Å². The summed E-state index contributed by atoms with van der Waals surface area (Å²) in [5, 5.41) is 5.45. The molecule has 0 unspecified atom stereocenters. The average molecular weight is 319 g/mol. The van der Waals surface area contributed by atoms with E-state index in [1.165, 1.54) is 5.56 Å². The Labute approximate surface area is 139 Å². The second-order valence-corrected chi connectivity index (χ2v) is 6.94. The third kappa shape index (κ3) is 5.93. The molecule has 5 nitrogen and oxygen atoms in total. The quantitative estimate of drug-likeness (QED) is 0.876. The minimum Gasteiger partial charge on any atom is -0.359 e. The van der Waals surface area contributed by atoms with Gasteiger partial charge in [0.1, 0.15) is 0 Å². The lowest BCUT2D eigenvalue weighted by molar-refractivity contribution is -0.121. The lowest BCUT2D eigenvalue weighted by atomic mass is 9.87. The number of rotatable bonds is 5. The second kappa shape index (κ2) is 7.99. The molecule has 3 amide bonds. The van der Waals surface area contributed by atoms with Gasteiger partial charge in [-0.15, -0.1) is 0 Å². The Morgan fingerprint density at radius 1 is 1.17 bits per heavy atom. The van der Waals surface area contributed by atoms with Crippen molar-refractivity contribution in [2.24, 2.45) is 0 Å². The van der Waals surface area contributed by atoms with Gasteiger partial charge in [0, 0.05) is 33.1 Å². The van der Waals surface area contributed by atoms with Gasteiger partial charge in [-0.2, -0.15) is 0 Å². The van der Waals surface area contributed by atoms with E-state index in [0.717, 1.165) is 5.56 Å². The van der Waals surface area contributed by atoms with Crippen LogP contribution in [0.2, 0.25) is 0 Å². The maximum atomic E-state index is 12.1. The molecule has 1 atom stereocenters. The summed E-state index contributed by atoms with van der Waals surface area (Å²) < 4.78 is 0. The van der Waals surface area contributed by atoms with Crippen LogP contribution >= 0.6 is 0 Å². The molecule has 0 radical (unpaired) electrons. The summed E-state index contributed by atoms with van der Waals surface area (Å²) in [5.41, 5.74) is 2.44. The van der Waals surface area contributed by atoms with Crippen molar-refractivity contribution in [1.82, 2.24) is 15.5 Å². The molecule has 0 aliphatic carbocycles. The smallest absolute Gasteiger partial charge is 0.317 e. The van der Waals surface area contributed by atoms with Gasteiger partial charge >= 0.3 is 6.03 Å². The summed E-state index contributed by atoms with van der Waals surface area (Å²) in [6.07, 6.45) is 0.292. The summed E-state index contributed by atoms with van der Waals surface area (Å²) >= 11 is 0. The van der Waals surface area contributed by atoms with E-state index in [-0.39, 0.29) is 23.4 Å². The zero-order valence-corrected chi connectivity index (χ0v) is 15.1. The Kier molecular flexibility index (Phi) is 6.61. The van der Waals surface area contributed by atoms with Crippen molar-refractivity contribution >= 4 is 11.9 Å². The van der Waals surface area contributed by atoms with Crippen molar-refractivity contribution in [2.45, 2.75) is 52.1 Å². The van der Waals surface area contributed by atoms with Crippen LogP contribution in [0.1, 0.15) is 45.2 Å². The topological polar surface area (TPSA) is 61.4 Å². The first-order valence-electron chi connectivity index (χ1n) is 7.95. The largest absolute Gasteiger partial charge is 0.359 e. The molecule has 0 bridgehead atoms. The monoisotopic (exact) mass is 319 g/mol. The van der Waals surface area contributed by atoms with Crippen molar-refractivity contribution in [3.63, 3.8) is 0 Å². The van der Waals surface area contributed by atoms with E-state index in [1.807, 2.05) is 19.1 Å². The number of urea groups is 1. The van der Waals surface area contributed by atoms with E-state index in [9.17, 15) is 9.59 Å². The number of carbonyl (C=O) groups excluding carboxylic acids is 2. The highest BCUT2D eigenvalue weighted by atomic mass is 16.2. The minimum atomic E-state index is -0.179. The zero-order valence-electron chi connectivity index (χ0n) is 15.1. The van der Waals surface area contributed by atoms with Crippen LogP contribution in [-0.4, -0.2) is 37.0 Å². The molecule has 0 aliphatic heterocycles. The molecule has 2 N–H and O–H groups in total. The normalized spacial score (nSPS) is 12.4. The van der Waals surface area contributed by atoms with E-state index < -0.39 is 0 Å². The Morgan fingerprint density at radius 3 is 2.22 bits per heavy atom. The summed E-state index contributed by atoms with van der Waals surface area (Å²) in [6.45, 7) is 8.85. The third-order valence-electron chi connectivity index (χ3n) is 4.00. The van der Waals surface area contributed by atoms with Crippen LogP contribution in [0.3, 0.4) is 0 Å². The molecule has 0 saturated heterocycles. The number of hydrogen-bond donors (Lipinski definition) is 2. The molecule has 128 valence electrons. The lowest BCUT2D eigenvalue weighted by Gasteiger charge is -2.25. The summed E-state index contributed by atoms with van der Waals surface area (Å²) in [4.78, 5) is 25.1. The van der Waals surface area contributed by atoms with Gasteiger partial charge in [0.2, 0.25) is 5.91 Å². The first kappa shape index (κ1) is 19.0. The van der Waals surface area contributed by atoms with E-state index in [1.54, 1.807) is 19.0 Å². The van der Waals surface area contributed by atoms with Gasteiger partial charge in [0.25, 0.3) is 0 Å². The van der Waals surface area contributed by atoms with Crippen molar-refractivity contribution in [3.8, 4) is 0 Å². The van der Waals surface area contributed by atoms with E-state index >= 15 is 0 Å². The standard InChI is InChI=1S/C18H29N3O2/c1-13(11-16(22)19-5)21(6)17(23)20-12-14-7-9-15(10-8-14)18(2,3)4/h7-10,13H,11-12H2,1-6H3,(H,19,22)(H,20,23)/t13-/m1/s1. The highest BCUT2D eigenvalue weighted by Gasteiger charge is 2.18. The van der Waals surface area contributed by atoms with Crippen molar-refractivity contribution in [3.05, 3.63) is 35.4 Å². The Balaban J connectivity index is 2.54. The first-order chi connectivity index (χ1) is 10.6. The van der Waals surface area contributed by atoms with Gasteiger partial charge in [-0.05, 0) is 23.5 Å². The van der Waals surface area contributed by atoms with Crippen LogP contribution < -0.4 is 10.6 Å². The molecular formula is C18H29N3O2. The molecule has 23 heavy (non-hydrogen) atoms. The number of amides is 3. The molecule has 0 spiro atoms. The molecule has 1 rings (SSSR count). The van der Waals surface area contributed by atoms with Crippen LogP contribution in [-0.2, 0) is 16.8 Å². The van der Waals surface area contributed by atoms with Gasteiger partial charge in [-0.1, -0.05) is 45.0 Å². The van der Waals surface area contributed by atoms with Crippen LogP contribution in [0.5, 0.6) is 0 Å². The van der Waals surface area contributed by atoms with Gasteiger partial charge in [-0.25, -0.2) is 4.79 Å². The first-order valence-corrected chi connectivity index (χ1v) is 7.95. The summed E-state index contributed by atoms with van der Waals surface area (Å²) in [7, 11) is 3.29. The Morgan fingerprint density at radius 2 is 1.74 bits per heavy atom. The number of nitrogens with zero attached hydrogens (tertiary/aromatic N) is 1. The van der Waals surface area contributed by atoms with Crippen LogP contribution in [0.4, 0.5) is 4.79 Å². The maximum absolute atomic E-state index is 12.1.